The molecular weight excluding hydrogens is 708 g/mol. The molecule has 5 aromatic rings. The third kappa shape index (κ3) is 10.1. The summed E-state index contributed by atoms with van der Waals surface area (Å²) in [6, 6.07) is 20.9. The van der Waals surface area contributed by atoms with Crippen molar-refractivity contribution in [3.63, 3.8) is 0 Å². The largest absolute Gasteiger partial charge is 0.387 e. The lowest BCUT2D eigenvalue weighted by molar-refractivity contribution is -0.0667. The zero-order valence-corrected chi connectivity index (χ0v) is 30.5. The van der Waals surface area contributed by atoms with Gasteiger partial charge < -0.3 is 5.11 Å². The van der Waals surface area contributed by atoms with Gasteiger partial charge in [0.25, 0.3) is 0 Å². The van der Waals surface area contributed by atoms with Crippen LogP contribution in [0.15, 0.2) is 97.0 Å². The second-order valence-electron chi connectivity index (χ2n) is 12.1. The van der Waals surface area contributed by atoms with Crippen LogP contribution in [0.25, 0.3) is 0 Å². The molecule has 13 heteroatoms. The molecule has 1 aliphatic rings. The van der Waals surface area contributed by atoms with Gasteiger partial charge in [-0.15, -0.1) is 11.8 Å². The summed E-state index contributed by atoms with van der Waals surface area (Å²) < 4.78 is 3.48. The van der Waals surface area contributed by atoms with E-state index < -0.39 is 5.60 Å². The van der Waals surface area contributed by atoms with Crippen molar-refractivity contribution in [3.05, 3.63) is 123 Å². The van der Waals surface area contributed by atoms with Crippen molar-refractivity contribution in [1.29, 1.82) is 0 Å². The number of hydrogen-bond donors (Lipinski definition) is 1. The molecule has 0 amide bonds. The smallest absolute Gasteiger partial charge is 0.137 e. The fourth-order valence-electron chi connectivity index (χ4n) is 6.12. The molecule has 1 saturated carbocycles. The number of benzene rings is 3. The van der Waals surface area contributed by atoms with Gasteiger partial charge in [0.1, 0.15) is 25.3 Å². The summed E-state index contributed by atoms with van der Waals surface area (Å²) in [5, 5.41) is 23.3. The minimum atomic E-state index is -0.749. The van der Waals surface area contributed by atoms with Crippen molar-refractivity contribution in [2.45, 2.75) is 57.6 Å². The van der Waals surface area contributed by atoms with E-state index in [4.69, 9.17) is 46.4 Å². The van der Waals surface area contributed by atoms with Crippen LogP contribution < -0.4 is 0 Å². The molecular formula is C35H37Cl4N7OS. The first-order chi connectivity index (χ1) is 23.1. The lowest BCUT2D eigenvalue weighted by atomic mass is 9.76. The van der Waals surface area contributed by atoms with E-state index in [0.717, 1.165) is 45.7 Å². The van der Waals surface area contributed by atoms with Gasteiger partial charge in [-0.2, -0.15) is 10.2 Å². The Labute approximate surface area is 305 Å². The third-order valence-corrected chi connectivity index (χ3v) is 10.6. The number of nitrogens with zero attached hydrogens (tertiary/aromatic N) is 7. The van der Waals surface area contributed by atoms with Gasteiger partial charge >= 0.3 is 0 Å². The van der Waals surface area contributed by atoms with Crippen LogP contribution in [0.5, 0.6) is 0 Å². The van der Waals surface area contributed by atoms with Gasteiger partial charge in [-0.05, 0) is 90.6 Å². The molecule has 252 valence electrons. The fraction of sp³-hybridized carbons (Fsp3) is 0.343. The van der Waals surface area contributed by atoms with Crippen molar-refractivity contribution < 1.29 is 5.11 Å². The summed E-state index contributed by atoms with van der Waals surface area (Å²) in [6.45, 7) is 5.41. The van der Waals surface area contributed by atoms with Crippen LogP contribution in [0.2, 0.25) is 20.1 Å². The highest BCUT2D eigenvalue weighted by Gasteiger charge is 2.50. The highest BCUT2D eigenvalue weighted by atomic mass is 35.5. The third-order valence-electron chi connectivity index (χ3n) is 8.49. The molecule has 2 heterocycles. The lowest BCUT2D eigenvalue weighted by Gasteiger charge is -2.37. The maximum atomic E-state index is 11.6. The average Bonchev–Trinajstić information content (AvgIpc) is 3.83. The fourth-order valence-corrected chi connectivity index (χ4v) is 7.73. The molecule has 1 aliphatic carbocycles. The minimum Gasteiger partial charge on any atom is -0.387 e. The van der Waals surface area contributed by atoms with Crippen molar-refractivity contribution >= 4 is 68.9 Å². The monoisotopic (exact) mass is 743 g/mol. The first-order valence-electron chi connectivity index (χ1n) is 15.6. The molecule has 1 fully saturated rings. The van der Waals surface area contributed by atoms with E-state index >= 15 is 0 Å². The number of rotatable bonds is 10. The van der Waals surface area contributed by atoms with Crippen LogP contribution in [0.4, 0.5) is 5.69 Å². The first-order valence-corrected chi connectivity index (χ1v) is 18.1. The molecule has 3 unspecified atom stereocenters. The molecule has 48 heavy (non-hydrogen) atoms. The Balaban J connectivity index is 0.000000188. The van der Waals surface area contributed by atoms with E-state index in [1.54, 1.807) is 52.0 Å². The van der Waals surface area contributed by atoms with Gasteiger partial charge in [0, 0.05) is 20.8 Å². The number of aliphatic hydroxyl groups is 1. The number of thioether (sulfide) groups is 1. The summed E-state index contributed by atoms with van der Waals surface area (Å²) in [6.07, 6.45) is 9.33. The van der Waals surface area contributed by atoms with Gasteiger partial charge in [-0.1, -0.05) is 84.5 Å². The Morgan fingerprint density at radius 3 is 2.04 bits per heavy atom. The molecule has 3 aromatic carbocycles. The second-order valence-corrected chi connectivity index (χ2v) is 14.9. The normalized spacial score (nSPS) is 19.4. The van der Waals surface area contributed by atoms with Crippen molar-refractivity contribution in [2.24, 2.45) is 22.7 Å². The summed E-state index contributed by atoms with van der Waals surface area (Å²) in [4.78, 5) is 12.7. The molecule has 0 saturated heterocycles. The molecule has 8 nitrogen and oxygen atoms in total. The van der Waals surface area contributed by atoms with Crippen LogP contribution in [-0.2, 0) is 25.3 Å². The van der Waals surface area contributed by atoms with Gasteiger partial charge in [0.05, 0.1) is 34.4 Å². The predicted octanol–water partition coefficient (Wildman–Crippen LogP) is 9.49. The Morgan fingerprint density at radius 2 is 1.46 bits per heavy atom. The van der Waals surface area contributed by atoms with Crippen LogP contribution >= 0.6 is 58.2 Å². The minimum absolute atomic E-state index is 0.222. The number of aliphatic imine (C=N–C) groups is 1. The first kappa shape index (κ1) is 36.4. The molecule has 0 spiro atoms. The summed E-state index contributed by atoms with van der Waals surface area (Å²) >= 11 is 25.7. The van der Waals surface area contributed by atoms with Crippen LogP contribution in [-0.4, -0.2) is 45.3 Å². The SMILES string of the molecule is CC(C)C1CCC(Cc2ccc(Cl)cc2)C1(O)Cn1cncn1.Clc1ccc(CS/C(Cn2cncn2)=N\c2ccc(Cl)cc2Cl)cc1. The van der Waals surface area contributed by atoms with Crippen molar-refractivity contribution in [3.8, 4) is 0 Å². The predicted molar refractivity (Wildman–Crippen MR) is 198 cm³/mol. The summed E-state index contributed by atoms with van der Waals surface area (Å²) in [5.41, 5.74) is 2.30. The molecule has 0 aliphatic heterocycles. The van der Waals surface area contributed by atoms with E-state index in [2.05, 4.69) is 51.1 Å². The molecule has 0 radical (unpaired) electrons. The molecule has 1 N–H and O–H groups in total. The Bertz CT molecular complexity index is 1750. The van der Waals surface area contributed by atoms with Crippen LogP contribution in [0.3, 0.4) is 0 Å². The number of halogens is 4. The van der Waals surface area contributed by atoms with E-state index in [9.17, 15) is 5.11 Å². The van der Waals surface area contributed by atoms with Crippen molar-refractivity contribution in [1.82, 2.24) is 29.5 Å². The van der Waals surface area contributed by atoms with Gasteiger partial charge in [-0.3, -0.25) is 4.68 Å². The van der Waals surface area contributed by atoms with Crippen molar-refractivity contribution in [2.75, 3.05) is 0 Å². The van der Waals surface area contributed by atoms with E-state index in [-0.39, 0.29) is 11.8 Å². The molecule has 6 rings (SSSR count). The standard InChI is InChI=1S/C18H24ClN3O.C17H13Cl3N4S/c1-13(2)17-8-5-15(9-14-3-6-16(19)7-4-14)18(17,23)10-22-12-20-11-21-22;18-13-3-1-12(2-4-13)9-25-17(8-24-11-21-10-22-24)23-16-6-5-14(19)7-15(16)20/h3-4,6-7,11-13,15,17,23H,5,8-10H2,1-2H3;1-7,10-11H,8-9H2/b;23-17-. The number of aromatic nitrogens is 6. The maximum absolute atomic E-state index is 11.6. The lowest BCUT2D eigenvalue weighted by Crippen LogP contribution is -2.46. The highest BCUT2D eigenvalue weighted by Crippen LogP contribution is 2.47. The highest BCUT2D eigenvalue weighted by molar-refractivity contribution is 8.13. The van der Waals surface area contributed by atoms with E-state index in [1.165, 1.54) is 18.2 Å². The molecule has 0 bridgehead atoms. The zero-order valence-electron chi connectivity index (χ0n) is 26.6. The van der Waals surface area contributed by atoms with Gasteiger partial charge in [-0.25, -0.2) is 19.6 Å². The average molecular weight is 746 g/mol. The second kappa shape index (κ2) is 17.1. The Hall–Kier alpha value is -2.92. The quantitative estimate of drug-likeness (QED) is 0.113. The van der Waals surface area contributed by atoms with Crippen LogP contribution in [0, 0.1) is 17.8 Å². The van der Waals surface area contributed by atoms with Crippen LogP contribution in [0.1, 0.15) is 37.8 Å². The van der Waals surface area contributed by atoms with E-state index in [0.29, 0.717) is 34.7 Å². The van der Waals surface area contributed by atoms with E-state index in [1.807, 2.05) is 36.4 Å². The zero-order chi connectivity index (χ0) is 34.1. The molecule has 3 atom stereocenters. The summed E-state index contributed by atoms with van der Waals surface area (Å²) in [7, 11) is 0. The Morgan fingerprint density at radius 1 is 0.854 bits per heavy atom. The summed E-state index contributed by atoms with van der Waals surface area (Å²) in [5.74, 6) is 1.71. The Kier molecular flexibility index (Phi) is 13.0. The molecule has 2 aromatic heterocycles. The number of hydrogen-bond acceptors (Lipinski definition) is 7. The van der Waals surface area contributed by atoms with Gasteiger partial charge in [0.15, 0.2) is 0 Å². The van der Waals surface area contributed by atoms with Gasteiger partial charge in [0.2, 0.25) is 0 Å². The maximum Gasteiger partial charge on any atom is 0.137 e. The topological polar surface area (TPSA) is 94.0 Å².